The van der Waals surface area contributed by atoms with Gasteiger partial charge in [0.05, 0.1) is 12.2 Å². The second-order valence-corrected chi connectivity index (χ2v) is 8.69. The van der Waals surface area contributed by atoms with Crippen molar-refractivity contribution in [1.29, 1.82) is 0 Å². The van der Waals surface area contributed by atoms with Gasteiger partial charge in [0.1, 0.15) is 12.2 Å². The third-order valence-electron chi connectivity index (χ3n) is 6.43. The molecule has 0 saturated carbocycles. The van der Waals surface area contributed by atoms with Gasteiger partial charge in [-0.25, -0.2) is 0 Å². The van der Waals surface area contributed by atoms with Crippen LogP contribution in [0.1, 0.15) is 44.1 Å². The molecule has 4 aliphatic heterocycles. The molecule has 0 radical (unpaired) electrons. The summed E-state index contributed by atoms with van der Waals surface area (Å²) in [6, 6.07) is 10.6. The summed E-state index contributed by atoms with van der Waals surface area (Å²) < 4.78 is 31.0. The highest BCUT2D eigenvalue weighted by Crippen LogP contribution is 2.35. The molecule has 4 fully saturated rings. The molecule has 0 aromatic heterocycles. The maximum Gasteiger partial charge on any atom is 0.158 e. The minimum atomic E-state index is -0.141. The summed E-state index contributed by atoms with van der Waals surface area (Å²) in [4.78, 5) is 2.47. The molecule has 0 spiro atoms. The molecular weight excluding hydrogens is 370 g/mol. The number of ether oxygens (including phenoxy) is 5. The summed E-state index contributed by atoms with van der Waals surface area (Å²) >= 11 is 0. The lowest BCUT2D eigenvalue weighted by Crippen LogP contribution is -2.44. The third-order valence-corrected chi connectivity index (χ3v) is 6.43. The van der Waals surface area contributed by atoms with Crippen molar-refractivity contribution in [1.82, 2.24) is 4.90 Å². The Bertz CT molecular complexity index is 597. The molecule has 0 N–H and O–H groups in total. The second kappa shape index (κ2) is 9.41. The van der Waals surface area contributed by atoms with Crippen molar-refractivity contribution >= 4 is 0 Å². The number of hydrogen-bond donors (Lipinski definition) is 0. The van der Waals surface area contributed by atoms with Crippen molar-refractivity contribution in [3.05, 3.63) is 35.9 Å². The van der Waals surface area contributed by atoms with Gasteiger partial charge in [0, 0.05) is 32.8 Å². The van der Waals surface area contributed by atoms with E-state index < -0.39 is 0 Å². The minimum absolute atomic E-state index is 0.0107. The lowest BCUT2D eigenvalue weighted by atomic mass is 10.1. The zero-order chi connectivity index (χ0) is 19.5. The summed E-state index contributed by atoms with van der Waals surface area (Å²) in [5.41, 5.74) is 1.33. The zero-order valence-electron chi connectivity index (χ0n) is 17.1. The van der Waals surface area contributed by atoms with Gasteiger partial charge in [0.15, 0.2) is 12.6 Å². The van der Waals surface area contributed by atoms with E-state index in [0.29, 0.717) is 0 Å². The van der Waals surface area contributed by atoms with Crippen molar-refractivity contribution in [3.8, 4) is 0 Å². The Hall–Kier alpha value is -1.02. The number of benzene rings is 1. The van der Waals surface area contributed by atoms with Gasteiger partial charge in [0.25, 0.3) is 0 Å². The highest BCUT2D eigenvalue weighted by Gasteiger charge is 2.52. The van der Waals surface area contributed by atoms with Crippen LogP contribution in [0.15, 0.2) is 30.3 Å². The fourth-order valence-corrected chi connectivity index (χ4v) is 4.97. The van der Waals surface area contributed by atoms with Crippen LogP contribution >= 0.6 is 0 Å². The number of rotatable bonds is 6. The molecule has 4 saturated heterocycles. The maximum atomic E-state index is 6.46. The Morgan fingerprint density at radius 1 is 0.793 bits per heavy atom. The largest absolute Gasteiger partial charge is 0.367 e. The van der Waals surface area contributed by atoms with E-state index in [1.54, 1.807) is 0 Å². The van der Waals surface area contributed by atoms with Crippen molar-refractivity contribution in [2.45, 2.75) is 82.1 Å². The van der Waals surface area contributed by atoms with Crippen LogP contribution in [0, 0.1) is 0 Å². The van der Waals surface area contributed by atoms with E-state index in [2.05, 4.69) is 35.2 Å². The van der Waals surface area contributed by atoms with Gasteiger partial charge in [-0.3, -0.25) is 4.90 Å². The highest BCUT2D eigenvalue weighted by molar-refractivity contribution is 5.15. The number of morpholine rings is 1. The average molecular weight is 404 g/mol. The topological polar surface area (TPSA) is 49.4 Å². The van der Waals surface area contributed by atoms with E-state index in [1.165, 1.54) is 5.56 Å². The summed E-state index contributed by atoms with van der Waals surface area (Å²) in [6.45, 7) is 4.20. The molecule has 0 aliphatic carbocycles. The van der Waals surface area contributed by atoms with Crippen LogP contribution in [0.3, 0.4) is 0 Å². The van der Waals surface area contributed by atoms with Crippen molar-refractivity contribution in [2.24, 2.45) is 0 Å². The quantitative estimate of drug-likeness (QED) is 0.728. The average Bonchev–Trinajstić information content (AvgIpc) is 3.00. The molecule has 5 rings (SSSR count). The molecule has 6 atom stereocenters. The van der Waals surface area contributed by atoms with E-state index in [1.807, 2.05) is 0 Å². The summed E-state index contributed by atoms with van der Waals surface area (Å²) in [7, 11) is 0. The van der Waals surface area contributed by atoms with E-state index in [9.17, 15) is 0 Å². The maximum absolute atomic E-state index is 6.46. The predicted molar refractivity (Wildman–Crippen MR) is 107 cm³/mol. The molecule has 160 valence electrons. The molecule has 6 heteroatoms. The Morgan fingerprint density at radius 2 is 1.38 bits per heavy atom. The Balaban J connectivity index is 1.28. The van der Waals surface area contributed by atoms with Gasteiger partial charge < -0.3 is 23.7 Å². The van der Waals surface area contributed by atoms with Crippen LogP contribution in [-0.4, -0.2) is 68.2 Å². The van der Waals surface area contributed by atoms with Crippen molar-refractivity contribution < 1.29 is 23.7 Å². The minimum Gasteiger partial charge on any atom is -0.367 e. The Kier molecular flexibility index (Phi) is 6.47. The van der Waals surface area contributed by atoms with Gasteiger partial charge >= 0.3 is 0 Å². The van der Waals surface area contributed by atoms with Gasteiger partial charge in [-0.1, -0.05) is 30.3 Å². The number of hydrogen-bond acceptors (Lipinski definition) is 6. The van der Waals surface area contributed by atoms with E-state index in [4.69, 9.17) is 23.7 Å². The van der Waals surface area contributed by atoms with Crippen LogP contribution in [-0.2, 0) is 30.2 Å². The molecule has 1 aromatic rings. The first-order valence-electron chi connectivity index (χ1n) is 11.3. The Morgan fingerprint density at radius 3 is 1.90 bits per heavy atom. The standard InChI is InChI=1S/C23H33NO5/c1-2-8-17(9-3-1)14-24-15-18-22(28-20-10-4-6-12-25-20)23(19(16-24)27-18)29-21-11-5-7-13-26-21/h1-3,8-9,18-23H,4-7,10-16H2/t18?,19?,20?,21?,22-,23-/m1/s1. The van der Waals surface area contributed by atoms with Crippen LogP contribution in [0.2, 0.25) is 0 Å². The lowest BCUT2D eigenvalue weighted by molar-refractivity contribution is -0.243. The van der Waals surface area contributed by atoms with Crippen molar-refractivity contribution in [2.75, 3.05) is 26.3 Å². The predicted octanol–water partition coefficient (Wildman–Crippen LogP) is 3.09. The highest BCUT2D eigenvalue weighted by atomic mass is 16.7. The van der Waals surface area contributed by atoms with Crippen LogP contribution in [0.4, 0.5) is 0 Å². The molecule has 2 bridgehead atoms. The SMILES string of the molecule is c1ccc(CN2CC3OC(C2)[C@@H](OC2CCCCO2)[C@@H]3OC2CCCCO2)cc1. The van der Waals surface area contributed by atoms with Gasteiger partial charge in [0.2, 0.25) is 0 Å². The molecule has 6 nitrogen and oxygen atoms in total. The second-order valence-electron chi connectivity index (χ2n) is 8.69. The molecule has 0 amide bonds. The van der Waals surface area contributed by atoms with Gasteiger partial charge in [-0.15, -0.1) is 0 Å². The molecule has 4 aliphatic rings. The molecule has 4 unspecified atom stereocenters. The first kappa shape index (κ1) is 19.9. The fourth-order valence-electron chi connectivity index (χ4n) is 4.97. The molecule has 1 aromatic carbocycles. The third kappa shape index (κ3) is 4.84. The number of likely N-dealkylation sites (tertiary alicyclic amines) is 1. The van der Waals surface area contributed by atoms with E-state index >= 15 is 0 Å². The molecule has 4 heterocycles. The summed E-state index contributed by atoms with van der Waals surface area (Å²) in [5.74, 6) is 0. The normalized spacial score (nSPS) is 38.2. The van der Waals surface area contributed by atoms with E-state index in [-0.39, 0.29) is 37.0 Å². The van der Waals surface area contributed by atoms with Crippen LogP contribution in [0.25, 0.3) is 0 Å². The van der Waals surface area contributed by atoms with Gasteiger partial charge in [-0.05, 0) is 44.1 Å². The summed E-state index contributed by atoms with van der Waals surface area (Å²) in [5, 5.41) is 0. The monoisotopic (exact) mass is 403 g/mol. The lowest BCUT2D eigenvalue weighted by Gasteiger charge is -2.33. The van der Waals surface area contributed by atoms with Crippen LogP contribution in [0.5, 0.6) is 0 Å². The smallest absolute Gasteiger partial charge is 0.158 e. The van der Waals surface area contributed by atoms with Crippen molar-refractivity contribution in [3.63, 3.8) is 0 Å². The van der Waals surface area contributed by atoms with E-state index in [0.717, 1.165) is 71.4 Å². The fraction of sp³-hybridized carbons (Fsp3) is 0.739. The first-order valence-corrected chi connectivity index (χ1v) is 11.3. The number of fused-ring (bicyclic) bond motifs is 2. The molecule has 29 heavy (non-hydrogen) atoms. The Labute approximate surface area is 173 Å². The first-order chi connectivity index (χ1) is 14.3. The zero-order valence-corrected chi connectivity index (χ0v) is 17.1. The number of nitrogens with zero attached hydrogens (tertiary/aromatic N) is 1. The van der Waals surface area contributed by atoms with Gasteiger partial charge in [-0.2, -0.15) is 0 Å². The van der Waals surface area contributed by atoms with Crippen LogP contribution < -0.4 is 0 Å². The summed E-state index contributed by atoms with van der Waals surface area (Å²) in [6.07, 6.45) is 5.99. The molecular formula is C23H33NO5.